The topological polar surface area (TPSA) is 82.8 Å². The second-order valence-electron chi connectivity index (χ2n) is 6.28. The van der Waals surface area contributed by atoms with Crippen molar-refractivity contribution in [1.82, 2.24) is 10.2 Å². The third-order valence-electron chi connectivity index (χ3n) is 4.71. The zero-order valence-electron chi connectivity index (χ0n) is 13.8. The van der Waals surface area contributed by atoms with Gasteiger partial charge in [-0.05, 0) is 24.8 Å². The van der Waals surface area contributed by atoms with Crippen molar-refractivity contribution in [2.24, 2.45) is 11.8 Å². The Morgan fingerprint density at radius 3 is 2.70 bits per heavy atom. The second-order valence-corrected chi connectivity index (χ2v) is 6.28. The third-order valence-corrected chi connectivity index (χ3v) is 4.71. The number of nitrogens with zero attached hydrogens (tertiary/aromatic N) is 1. The molecule has 0 aromatic carbocycles. The van der Waals surface area contributed by atoms with Gasteiger partial charge in [-0.2, -0.15) is 0 Å². The van der Waals surface area contributed by atoms with Gasteiger partial charge in [-0.1, -0.05) is 20.3 Å². The van der Waals surface area contributed by atoms with Crippen molar-refractivity contribution >= 4 is 11.8 Å². The van der Waals surface area contributed by atoms with Crippen LogP contribution in [-0.4, -0.2) is 47.6 Å². The first kappa shape index (κ1) is 17.5. The fraction of sp³-hybridized carbons (Fsp3) is 0.647. The Hall–Kier alpha value is -1.82. The summed E-state index contributed by atoms with van der Waals surface area (Å²) in [6, 6.07) is 1.65. The molecule has 6 heteroatoms. The summed E-state index contributed by atoms with van der Waals surface area (Å²) in [6.07, 6.45) is 4.59. The Labute approximate surface area is 136 Å². The van der Waals surface area contributed by atoms with Crippen LogP contribution in [0.4, 0.5) is 0 Å². The molecule has 2 amide bonds. The first-order valence-electron chi connectivity index (χ1n) is 8.30. The van der Waals surface area contributed by atoms with Crippen LogP contribution in [-0.2, 0) is 4.79 Å². The van der Waals surface area contributed by atoms with Gasteiger partial charge in [0.1, 0.15) is 6.26 Å². The zero-order valence-corrected chi connectivity index (χ0v) is 13.8. The van der Waals surface area contributed by atoms with Crippen LogP contribution in [0.5, 0.6) is 0 Å². The molecule has 0 aliphatic carbocycles. The molecule has 0 radical (unpaired) electrons. The van der Waals surface area contributed by atoms with E-state index in [0.29, 0.717) is 38.0 Å². The SMILES string of the molecule is CCC(C)C(O)CNC(=O)C1CCN(C(=O)c2ccoc2)CC1. The first-order valence-corrected chi connectivity index (χ1v) is 8.30. The Morgan fingerprint density at radius 1 is 1.43 bits per heavy atom. The lowest BCUT2D eigenvalue weighted by molar-refractivity contribution is -0.126. The molecule has 0 spiro atoms. The summed E-state index contributed by atoms with van der Waals surface area (Å²) in [6.45, 7) is 5.41. The van der Waals surface area contributed by atoms with Crippen LogP contribution in [0.15, 0.2) is 23.0 Å². The van der Waals surface area contributed by atoms with Crippen molar-refractivity contribution in [1.29, 1.82) is 0 Å². The van der Waals surface area contributed by atoms with Crippen molar-refractivity contribution in [3.8, 4) is 0 Å². The van der Waals surface area contributed by atoms with Gasteiger partial charge in [-0.25, -0.2) is 0 Å². The van der Waals surface area contributed by atoms with Crippen molar-refractivity contribution in [2.45, 2.75) is 39.2 Å². The fourth-order valence-electron chi connectivity index (χ4n) is 2.74. The number of aliphatic hydroxyl groups is 1. The predicted molar refractivity (Wildman–Crippen MR) is 85.8 cm³/mol. The molecule has 2 rings (SSSR count). The summed E-state index contributed by atoms with van der Waals surface area (Å²) in [4.78, 5) is 26.1. The van der Waals surface area contributed by atoms with E-state index in [4.69, 9.17) is 4.42 Å². The van der Waals surface area contributed by atoms with Gasteiger partial charge < -0.3 is 19.7 Å². The summed E-state index contributed by atoms with van der Waals surface area (Å²) in [5.74, 6) is 0.00447. The lowest BCUT2D eigenvalue weighted by atomic mass is 9.95. The smallest absolute Gasteiger partial charge is 0.257 e. The highest BCUT2D eigenvalue weighted by molar-refractivity contribution is 5.94. The van der Waals surface area contributed by atoms with Crippen molar-refractivity contribution in [3.63, 3.8) is 0 Å². The molecular formula is C17H26N2O4. The van der Waals surface area contributed by atoms with Gasteiger partial charge in [0.05, 0.1) is 17.9 Å². The van der Waals surface area contributed by atoms with Crippen LogP contribution in [0.2, 0.25) is 0 Å². The summed E-state index contributed by atoms with van der Waals surface area (Å²) in [7, 11) is 0. The third kappa shape index (κ3) is 4.58. The van der Waals surface area contributed by atoms with E-state index >= 15 is 0 Å². The minimum absolute atomic E-state index is 0.0252. The number of nitrogens with one attached hydrogen (secondary N) is 1. The molecule has 128 valence electrons. The molecule has 1 fully saturated rings. The Balaban J connectivity index is 1.75. The number of piperidine rings is 1. The van der Waals surface area contributed by atoms with Crippen LogP contribution in [0.3, 0.4) is 0 Å². The molecule has 0 saturated carbocycles. The molecule has 1 aliphatic rings. The predicted octanol–water partition coefficient (Wildman–Crippen LogP) is 1.65. The van der Waals surface area contributed by atoms with E-state index in [2.05, 4.69) is 5.32 Å². The molecule has 0 bridgehead atoms. The van der Waals surface area contributed by atoms with Crippen LogP contribution < -0.4 is 5.32 Å². The molecule has 1 aromatic rings. The van der Waals surface area contributed by atoms with E-state index in [-0.39, 0.29) is 23.7 Å². The molecule has 1 aromatic heterocycles. The lowest BCUT2D eigenvalue weighted by Gasteiger charge is -2.31. The van der Waals surface area contributed by atoms with Crippen LogP contribution in [0, 0.1) is 11.8 Å². The van der Waals surface area contributed by atoms with E-state index < -0.39 is 6.10 Å². The average molecular weight is 322 g/mol. The maximum atomic E-state index is 12.2. The number of rotatable bonds is 6. The van der Waals surface area contributed by atoms with Crippen molar-refractivity contribution < 1.29 is 19.1 Å². The van der Waals surface area contributed by atoms with Gasteiger partial charge in [0.2, 0.25) is 5.91 Å². The Bertz CT molecular complexity index is 507. The molecular weight excluding hydrogens is 296 g/mol. The standard InChI is InChI=1S/C17H26N2O4/c1-3-12(2)15(20)10-18-16(21)13-4-7-19(8-5-13)17(22)14-6-9-23-11-14/h6,9,11-13,15,20H,3-5,7-8,10H2,1-2H3,(H,18,21). The second kappa shape index (κ2) is 8.15. The van der Waals surface area contributed by atoms with Gasteiger partial charge >= 0.3 is 0 Å². The number of carbonyl (C=O) groups is 2. The van der Waals surface area contributed by atoms with E-state index in [9.17, 15) is 14.7 Å². The van der Waals surface area contributed by atoms with E-state index in [1.165, 1.54) is 12.5 Å². The normalized spacial score (nSPS) is 18.5. The molecule has 2 heterocycles. The maximum Gasteiger partial charge on any atom is 0.257 e. The minimum Gasteiger partial charge on any atom is -0.472 e. The van der Waals surface area contributed by atoms with E-state index in [0.717, 1.165) is 6.42 Å². The molecule has 1 aliphatic heterocycles. The number of likely N-dealkylation sites (tertiary alicyclic amines) is 1. The maximum absolute atomic E-state index is 12.2. The molecule has 1 saturated heterocycles. The molecule has 23 heavy (non-hydrogen) atoms. The van der Waals surface area contributed by atoms with Gasteiger partial charge in [0.25, 0.3) is 5.91 Å². The number of amides is 2. The van der Waals surface area contributed by atoms with Gasteiger partial charge in [0.15, 0.2) is 0 Å². The Morgan fingerprint density at radius 2 is 2.13 bits per heavy atom. The van der Waals surface area contributed by atoms with Crippen molar-refractivity contribution in [2.75, 3.05) is 19.6 Å². The molecule has 2 N–H and O–H groups in total. The van der Waals surface area contributed by atoms with Crippen LogP contribution in [0.25, 0.3) is 0 Å². The highest BCUT2D eigenvalue weighted by Gasteiger charge is 2.28. The largest absolute Gasteiger partial charge is 0.472 e. The van der Waals surface area contributed by atoms with E-state index in [1.807, 2.05) is 13.8 Å². The summed E-state index contributed by atoms with van der Waals surface area (Å²) in [5.41, 5.74) is 0.546. The average Bonchev–Trinajstić information content (AvgIpc) is 3.12. The quantitative estimate of drug-likeness (QED) is 0.834. The summed E-state index contributed by atoms with van der Waals surface area (Å²) < 4.78 is 4.93. The van der Waals surface area contributed by atoms with Crippen molar-refractivity contribution in [3.05, 3.63) is 24.2 Å². The summed E-state index contributed by atoms with van der Waals surface area (Å²) in [5, 5.41) is 12.7. The highest BCUT2D eigenvalue weighted by Crippen LogP contribution is 2.19. The van der Waals surface area contributed by atoms with Gasteiger partial charge in [-0.15, -0.1) is 0 Å². The van der Waals surface area contributed by atoms with Crippen LogP contribution >= 0.6 is 0 Å². The molecule has 2 atom stereocenters. The van der Waals surface area contributed by atoms with Gasteiger partial charge in [-0.3, -0.25) is 9.59 Å². The lowest BCUT2D eigenvalue weighted by Crippen LogP contribution is -2.44. The monoisotopic (exact) mass is 322 g/mol. The minimum atomic E-state index is -0.508. The number of furan rings is 1. The number of hydrogen-bond donors (Lipinski definition) is 2. The first-order chi connectivity index (χ1) is 11.0. The molecule has 6 nitrogen and oxygen atoms in total. The number of carbonyl (C=O) groups excluding carboxylic acids is 2. The summed E-state index contributed by atoms with van der Waals surface area (Å²) >= 11 is 0. The van der Waals surface area contributed by atoms with Gasteiger partial charge in [0, 0.05) is 25.6 Å². The zero-order chi connectivity index (χ0) is 16.8. The fourth-order valence-corrected chi connectivity index (χ4v) is 2.74. The number of aliphatic hydroxyl groups excluding tert-OH is 1. The van der Waals surface area contributed by atoms with Crippen LogP contribution in [0.1, 0.15) is 43.5 Å². The highest BCUT2D eigenvalue weighted by atomic mass is 16.3. The Kier molecular flexibility index (Phi) is 6.21. The molecule has 2 unspecified atom stereocenters. The number of hydrogen-bond acceptors (Lipinski definition) is 4. The van der Waals surface area contributed by atoms with E-state index in [1.54, 1.807) is 11.0 Å².